The van der Waals surface area contributed by atoms with Gasteiger partial charge in [0.2, 0.25) is 0 Å². The zero-order valence-electron chi connectivity index (χ0n) is 11.5. The molecule has 0 bridgehead atoms. The molecule has 0 saturated heterocycles. The summed E-state index contributed by atoms with van der Waals surface area (Å²) in [5.41, 5.74) is 1.04. The van der Waals surface area contributed by atoms with Crippen LogP contribution in [0.4, 0.5) is 14.5 Å². The van der Waals surface area contributed by atoms with Crippen LogP contribution in [0.1, 0.15) is 25.5 Å². The van der Waals surface area contributed by atoms with Crippen LogP contribution >= 0.6 is 0 Å². The Kier molecular flexibility index (Phi) is 4.56. The molecule has 0 saturated carbocycles. The lowest BCUT2D eigenvalue weighted by Crippen LogP contribution is -2.10. The van der Waals surface area contributed by atoms with Gasteiger partial charge in [-0.05, 0) is 32.0 Å². The van der Waals surface area contributed by atoms with Crippen molar-refractivity contribution in [3.8, 4) is 5.75 Å². The van der Waals surface area contributed by atoms with Crippen LogP contribution in [0.15, 0.2) is 42.5 Å². The van der Waals surface area contributed by atoms with Crippen molar-refractivity contribution in [3.63, 3.8) is 0 Å². The third-order valence-corrected chi connectivity index (χ3v) is 3.01. The van der Waals surface area contributed by atoms with E-state index in [1.54, 1.807) is 0 Å². The second-order valence-electron chi connectivity index (χ2n) is 4.44. The molecule has 0 radical (unpaired) electrons. The molecule has 0 spiro atoms. The van der Waals surface area contributed by atoms with E-state index in [1.807, 2.05) is 38.1 Å². The molecular weight excluding hydrogens is 260 g/mol. The van der Waals surface area contributed by atoms with E-state index in [0.29, 0.717) is 6.61 Å². The fourth-order valence-electron chi connectivity index (χ4n) is 2.05. The summed E-state index contributed by atoms with van der Waals surface area (Å²) in [6, 6.07) is 11.4. The Morgan fingerprint density at radius 2 is 1.85 bits per heavy atom. The van der Waals surface area contributed by atoms with Gasteiger partial charge in [0.05, 0.1) is 18.3 Å². The third-order valence-electron chi connectivity index (χ3n) is 3.01. The molecule has 2 aromatic rings. The average molecular weight is 277 g/mol. The molecule has 0 aliphatic carbocycles. The molecule has 106 valence electrons. The number of ether oxygens (including phenoxy) is 1. The molecule has 0 amide bonds. The maximum atomic E-state index is 13.7. The summed E-state index contributed by atoms with van der Waals surface area (Å²) in [4.78, 5) is 0. The summed E-state index contributed by atoms with van der Waals surface area (Å²) in [5, 5.41) is 2.97. The van der Waals surface area contributed by atoms with Crippen LogP contribution in [-0.2, 0) is 0 Å². The standard InChI is InChI=1S/C16H17F2NO/c1-3-20-15-10-5-4-7-12(15)11(2)19-14-9-6-8-13(17)16(14)18/h4-11,19H,3H2,1-2H3. The molecular formula is C16H17F2NO. The van der Waals surface area contributed by atoms with Gasteiger partial charge in [-0.15, -0.1) is 0 Å². The SMILES string of the molecule is CCOc1ccccc1C(C)Nc1cccc(F)c1F. The molecule has 0 fully saturated rings. The predicted molar refractivity (Wildman–Crippen MR) is 76.0 cm³/mol. The lowest BCUT2D eigenvalue weighted by atomic mass is 10.1. The van der Waals surface area contributed by atoms with E-state index in [2.05, 4.69) is 5.32 Å². The Morgan fingerprint density at radius 1 is 1.10 bits per heavy atom. The van der Waals surface area contributed by atoms with Crippen LogP contribution < -0.4 is 10.1 Å². The second kappa shape index (κ2) is 6.37. The van der Waals surface area contributed by atoms with Gasteiger partial charge in [0.1, 0.15) is 5.75 Å². The first-order valence-electron chi connectivity index (χ1n) is 6.55. The largest absolute Gasteiger partial charge is 0.494 e. The Balaban J connectivity index is 2.24. The molecule has 0 aromatic heterocycles. The fourth-order valence-corrected chi connectivity index (χ4v) is 2.05. The smallest absolute Gasteiger partial charge is 0.181 e. The highest BCUT2D eigenvalue weighted by atomic mass is 19.2. The van der Waals surface area contributed by atoms with E-state index in [0.717, 1.165) is 17.4 Å². The van der Waals surface area contributed by atoms with Gasteiger partial charge >= 0.3 is 0 Å². The van der Waals surface area contributed by atoms with Crippen molar-refractivity contribution >= 4 is 5.69 Å². The Labute approximate surface area is 117 Å². The van der Waals surface area contributed by atoms with E-state index < -0.39 is 11.6 Å². The van der Waals surface area contributed by atoms with Crippen molar-refractivity contribution in [2.75, 3.05) is 11.9 Å². The first kappa shape index (κ1) is 14.3. The number of halogens is 2. The minimum atomic E-state index is -0.867. The number of hydrogen-bond donors (Lipinski definition) is 1. The van der Waals surface area contributed by atoms with Crippen LogP contribution in [0.2, 0.25) is 0 Å². The van der Waals surface area contributed by atoms with E-state index in [9.17, 15) is 8.78 Å². The van der Waals surface area contributed by atoms with E-state index in [-0.39, 0.29) is 11.7 Å². The van der Waals surface area contributed by atoms with Gasteiger partial charge in [-0.2, -0.15) is 0 Å². The quantitative estimate of drug-likeness (QED) is 0.866. The molecule has 0 aliphatic heterocycles. The van der Waals surface area contributed by atoms with Crippen molar-refractivity contribution in [1.82, 2.24) is 0 Å². The number of benzene rings is 2. The normalized spacial score (nSPS) is 12.0. The summed E-state index contributed by atoms with van der Waals surface area (Å²) in [6.07, 6.45) is 0. The molecule has 2 aromatic carbocycles. The van der Waals surface area contributed by atoms with Gasteiger partial charge in [-0.1, -0.05) is 24.3 Å². The fraction of sp³-hybridized carbons (Fsp3) is 0.250. The molecule has 1 unspecified atom stereocenters. The minimum absolute atomic E-state index is 0.142. The lowest BCUT2D eigenvalue weighted by molar-refractivity contribution is 0.335. The van der Waals surface area contributed by atoms with Crippen LogP contribution in [0.3, 0.4) is 0 Å². The highest BCUT2D eigenvalue weighted by Crippen LogP contribution is 2.29. The molecule has 20 heavy (non-hydrogen) atoms. The Morgan fingerprint density at radius 3 is 2.60 bits per heavy atom. The molecule has 2 rings (SSSR count). The Bertz CT molecular complexity index is 586. The molecule has 0 aliphatic rings. The average Bonchev–Trinajstić information content (AvgIpc) is 2.45. The Hall–Kier alpha value is -2.10. The summed E-state index contributed by atoms with van der Waals surface area (Å²) in [7, 11) is 0. The van der Waals surface area contributed by atoms with Gasteiger partial charge in [-0.25, -0.2) is 8.78 Å². The number of rotatable bonds is 5. The maximum absolute atomic E-state index is 13.7. The zero-order valence-corrected chi connectivity index (χ0v) is 11.5. The summed E-state index contributed by atoms with van der Waals surface area (Å²) >= 11 is 0. The van der Waals surface area contributed by atoms with E-state index in [4.69, 9.17) is 4.74 Å². The van der Waals surface area contributed by atoms with Crippen molar-refractivity contribution < 1.29 is 13.5 Å². The molecule has 0 heterocycles. The van der Waals surface area contributed by atoms with Crippen LogP contribution in [0.5, 0.6) is 5.75 Å². The van der Waals surface area contributed by atoms with Crippen molar-refractivity contribution in [2.24, 2.45) is 0 Å². The molecule has 2 nitrogen and oxygen atoms in total. The van der Waals surface area contributed by atoms with Crippen LogP contribution in [0, 0.1) is 11.6 Å². The summed E-state index contributed by atoms with van der Waals surface area (Å²) < 4.78 is 32.4. The predicted octanol–water partition coefficient (Wildman–Crippen LogP) is 4.54. The van der Waals surface area contributed by atoms with E-state index in [1.165, 1.54) is 12.1 Å². The van der Waals surface area contributed by atoms with Gasteiger partial charge in [0.25, 0.3) is 0 Å². The second-order valence-corrected chi connectivity index (χ2v) is 4.44. The number of para-hydroxylation sites is 1. The van der Waals surface area contributed by atoms with Crippen molar-refractivity contribution in [2.45, 2.75) is 19.9 Å². The first-order valence-corrected chi connectivity index (χ1v) is 6.55. The topological polar surface area (TPSA) is 21.3 Å². The lowest BCUT2D eigenvalue weighted by Gasteiger charge is -2.19. The highest BCUT2D eigenvalue weighted by molar-refractivity contribution is 5.49. The number of hydrogen-bond acceptors (Lipinski definition) is 2. The molecule has 1 N–H and O–H groups in total. The highest BCUT2D eigenvalue weighted by Gasteiger charge is 2.14. The molecule has 4 heteroatoms. The third kappa shape index (κ3) is 3.07. The summed E-state index contributed by atoms with van der Waals surface area (Å²) in [5.74, 6) is -0.986. The monoisotopic (exact) mass is 277 g/mol. The van der Waals surface area contributed by atoms with Gasteiger partial charge in [-0.3, -0.25) is 0 Å². The van der Waals surface area contributed by atoms with Crippen molar-refractivity contribution in [3.05, 3.63) is 59.7 Å². The van der Waals surface area contributed by atoms with Gasteiger partial charge < -0.3 is 10.1 Å². The molecule has 1 atom stereocenters. The number of nitrogens with one attached hydrogen (secondary N) is 1. The minimum Gasteiger partial charge on any atom is -0.494 e. The van der Waals surface area contributed by atoms with Crippen LogP contribution in [-0.4, -0.2) is 6.61 Å². The zero-order chi connectivity index (χ0) is 14.5. The number of anilines is 1. The first-order chi connectivity index (χ1) is 9.63. The van der Waals surface area contributed by atoms with Crippen molar-refractivity contribution in [1.29, 1.82) is 0 Å². The maximum Gasteiger partial charge on any atom is 0.181 e. The summed E-state index contributed by atoms with van der Waals surface area (Å²) in [6.45, 7) is 4.33. The van der Waals surface area contributed by atoms with Gasteiger partial charge in [0, 0.05) is 5.56 Å². The van der Waals surface area contributed by atoms with Gasteiger partial charge in [0.15, 0.2) is 11.6 Å². The van der Waals surface area contributed by atoms with E-state index >= 15 is 0 Å². The van der Waals surface area contributed by atoms with Crippen LogP contribution in [0.25, 0.3) is 0 Å².